The first-order valence-electron chi connectivity index (χ1n) is 7.71. The highest BCUT2D eigenvalue weighted by atomic mass is 16.4. The number of fused-ring (bicyclic) bond motifs is 2. The number of carbonyl (C=O) groups is 1. The smallest absolute Gasteiger partial charge is 0.356 e. The van der Waals surface area contributed by atoms with Gasteiger partial charge in [0.1, 0.15) is 0 Å². The van der Waals surface area contributed by atoms with E-state index in [2.05, 4.69) is 23.3 Å². The van der Waals surface area contributed by atoms with E-state index in [1.54, 1.807) is 0 Å². The Bertz CT molecular complexity index is 731. The Hall–Kier alpha value is -2.10. The Morgan fingerprint density at radius 1 is 1.05 bits per heavy atom. The molecule has 2 aliphatic carbocycles. The van der Waals surface area contributed by atoms with Crippen molar-refractivity contribution in [2.45, 2.75) is 44.9 Å². The second-order valence-corrected chi connectivity index (χ2v) is 5.97. The van der Waals surface area contributed by atoms with Crippen molar-refractivity contribution in [3.8, 4) is 5.69 Å². The first-order chi connectivity index (χ1) is 10.3. The highest BCUT2D eigenvalue weighted by Crippen LogP contribution is 2.32. The minimum atomic E-state index is -0.906. The van der Waals surface area contributed by atoms with Crippen LogP contribution in [0, 0.1) is 0 Å². The third-order valence-corrected chi connectivity index (χ3v) is 4.73. The fourth-order valence-electron chi connectivity index (χ4n) is 3.77. The number of rotatable bonds is 2. The maximum Gasteiger partial charge on any atom is 0.356 e. The standard InChI is InChI=1S/C17H18N2O2/c20-17(21)16-13-8-4-10-15(13)19(18-16)14-9-3-6-11-5-1-2-7-12(11)14/h3,6,9H,1-2,4-5,7-8,10H2,(H,20,21). The molecule has 1 heterocycles. The molecule has 21 heavy (non-hydrogen) atoms. The molecule has 0 atom stereocenters. The molecule has 0 aliphatic heterocycles. The highest BCUT2D eigenvalue weighted by Gasteiger charge is 2.28. The van der Waals surface area contributed by atoms with E-state index >= 15 is 0 Å². The van der Waals surface area contributed by atoms with E-state index in [0.717, 1.165) is 49.0 Å². The first kappa shape index (κ1) is 12.6. The predicted octanol–water partition coefficient (Wildman–Crippen LogP) is 2.94. The minimum absolute atomic E-state index is 0.246. The van der Waals surface area contributed by atoms with Gasteiger partial charge in [-0.15, -0.1) is 0 Å². The van der Waals surface area contributed by atoms with Crippen molar-refractivity contribution in [3.63, 3.8) is 0 Å². The normalized spacial score (nSPS) is 16.6. The average molecular weight is 282 g/mol. The molecule has 0 spiro atoms. The monoisotopic (exact) mass is 282 g/mol. The van der Waals surface area contributed by atoms with Gasteiger partial charge in [-0.2, -0.15) is 5.10 Å². The largest absolute Gasteiger partial charge is 0.476 e. The predicted molar refractivity (Wildman–Crippen MR) is 79.2 cm³/mol. The molecule has 0 fully saturated rings. The molecule has 0 bridgehead atoms. The molecular formula is C17H18N2O2. The maximum absolute atomic E-state index is 11.4. The van der Waals surface area contributed by atoms with Gasteiger partial charge in [0.2, 0.25) is 0 Å². The van der Waals surface area contributed by atoms with Crippen LogP contribution in [-0.4, -0.2) is 20.9 Å². The van der Waals surface area contributed by atoms with Crippen LogP contribution in [0.1, 0.15) is 52.1 Å². The molecule has 1 aromatic carbocycles. The van der Waals surface area contributed by atoms with Crippen LogP contribution in [0.15, 0.2) is 18.2 Å². The Morgan fingerprint density at radius 3 is 2.71 bits per heavy atom. The summed E-state index contributed by atoms with van der Waals surface area (Å²) in [6.07, 6.45) is 7.45. The quantitative estimate of drug-likeness (QED) is 0.921. The van der Waals surface area contributed by atoms with Gasteiger partial charge in [-0.3, -0.25) is 0 Å². The lowest BCUT2D eigenvalue weighted by molar-refractivity contribution is 0.0689. The Kier molecular flexibility index (Phi) is 2.84. The van der Waals surface area contributed by atoms with Gasteiger partial charge in [0, 0.05) is 11.3 Å². The number of hydrogen-bond donors (Lipinski definition) is 1. The number of aromatic nitrogens is 2. The van der Waals surface area contributed by atoms with Crippen LogP contribution >= 0.6 is 0 Å². The number of benzene rings is 1. The van der Waals surface area contributed by atoms with Crippen molar-refractivity contribution in [3.05, 3.63) is 46.3 Å². The summed E-state index contributed by atoms with van der Waals surface area (Å²) in [6, 6.07) is 6.35. The third kappa shape index (κ3) is 1.89. The van der Waals surface area contributed by atoms with Gasteiger partial charge in [-0.05, 0) is 62.1 Å². The Balaban J connectivity index is 1.92. The number of carboxylic acid groups (broad SMARTS) is 1. The molecule has 1 aromatic heterocycles. The van der Waals surface area contributed by atoms with Crippen LogP contribution in [0.4, 0.5) is 0 Å². The van der Waals surface area contributed by atoms with E-state index in [1.165, 1.54) is 24.0 Å². The molecule has 2 aromatic rings. The molecule has 4 rings (SSSR count). The second kappa shape index (κ2) is 4.72. The van der Waals surface area contributed by atoms with Gasteiger partial charge >= 0.3 is 5.97 Å². The zero-order valence-corrected chi connectivity index (χ0v) is 11.9. The van der Waals surface area contributed by atoms with Gasteiger partial charge in [0.25, 0.3) is 0 Å². The fraction of sp³-hybridized carbons (Fsp3) is 0.412. The molecule has 0 unspecified atom stereocenters. The van der Waals surface area contributed by atoms with Gasteiger partial charge < -0.3 is 5.11 Å². The Morgan fingerprint density at radius 2 is 1.86 bits per heavy atom. The number of nitrogens with zero attached hydrogens (tertiary/aromatic N) is 2. The summed E-state index contributed by atoms with van der Waals surface area (Å²) in [5.74, 6) is -0.906. The van der Waals surface area contributed by atoms with Gasteiger partial charge in [-0.1, -0.05) is 12.1 Å². The highest BCUT2D eigenvalue weighted by molar-refractivity contribution is 5.87. The number of carboxylic acids is 1. The van der Waals surface area contributed by atoms with Crippen LogP contribution < -0.4 is 0 Å². The van der Waals surface area contributed by atoms with E-state index in [1.807, 2.05) is 4.68 Å². The third-order valence-electron chi connectivity index (χ3n) is 4.73. The minimum Gasteiger partial charge on any atom is -0.476 e. The second-order valence-electron chi connectivity index (χ2n) is 5.97. The molecule has 2 aliphatic rings. The number of aryl methyl sites for hydroxylation is 1. The van der Waals surface area contributed by atoms with Gasteiger partial charge in [-0.25, -0.2) is 9.48 Å². The lowest BCUT2D eigenvalue weighted by Gasteiger charge is -2.20. The summed E-state index contributed by atoms with van der Waals surface area (Å²) in [7, 11) is 0. The van der Waals surface area contributed by atoms with E-state index in [-0.39, 0.29) is 5.69 Å². The summed E-state index contributed by atoms with van der Waals surface area (Å²) >= 11 is 0. The van der Waals surface area contributed by atoms with Crippen LogP contribution in [0.25, 0.3) is 5.69 Å². The maximum atomic E-state index is 11.4. The summed E-state index contributed by atoms with van der Waals surface area (Å²) in [6.45, 7) is 0. The lowest BCUT2D eigenvalue weighted by atomic mass is 9.90. The summed E-state index contributed by atoms with van der Waals surface area (Å²) in [4.78, 5) is 11.4. The van der Waals surface area contributed by atoms with E-state index < -0.39 is 5.97 Å². The van der Waals surface area contributed by atoms with Crippen LogP contribution in [0.5, 0.6) is 0 Å². The van der Waals surface area contributed by atoms with Gasteiger partial charge in [0.15, 0.2) is 5.69 Å². The van der Waals surface area contributed by atoms with Crippen molar-refractivity contribution in [1.82, 2.24) is 9.78 Å². The van der Waals surface area contributed by atoms with Crippen molar-refractivity contribution in [2.24, 2.45) is 0 Å². The number of aromatic carboxylic acids is 1. The molecule has 0 saturated heterocycles. The summed E-state index contributed by atoms with van der Waals surface area (Å²) in [5, 5.41) is 13.8. The zero-order valence-electron chi connectivity index (χ0n) is 11.9. The average Bonchev–Trinajstić information content (AvgIpc) is 3.08. The van der Waals surface area contributed by atoms with Crippen molar-refractivity contribution in [2.75, 3.05) is 0 Å². The molecule has 4 heteroatoms. The topological polar surface area (TPSA) is 55.1 Å². The van der Waals surface area contributed by atoms with E-state index in [4.69, 9.17) is 0 Å². The van der Waals surface area contributed by atoms with Crippen molar-refractivity contribution in [1.29, 1.82) is 0 Å². The zero-order chi connectivity index (χ0) is 14.4. The summed E-state index contributed by atoms with van der Waals surface area (Å²) < 4.78 is 1.91. The molecule has 4 nitrogen and oxygen atoms in total. The van der Waals surface area contributed by atoms with Crippen molar-refractivity contribution < 1.29 is 9.90 Å². The fourth-order valence-corrected chi connectivity index (χ4v) is 3.77. The van der Waals surface area contributed by atoms with Crippen molar-refractivity contribution >= 4 is 5.97 Å². The molecular weight excluding hydrogens is 264 g/mol. The molecule has 0 amide bonds. The first-order valence-corrected chi connectivity index (χ1v) is 7.71. The van der Waals surface area contributed by atoms with Crippen LogP contribution in [0.3, 0.4) is 0 Å². The Labute approximate surface area is 123 Å². The van der Waals surface area contributed by atoms with Crippen LogP contribution in [0.2, 0.25) is 0 Å². The molecule has 108 valence electrons. The van der Waals surface area contributed by atoms with Crippen LogP contribution in [-0.2, 0) is 25.7 Å². The SMILES string of the molecule is O=C(O)c1nn(-c2cccc3c2CCCC3)c2c1CCC2. The molecule has 0 radical (unpaired) electrons. The number of hydrogen-bond acceptors (Lipinski definition) is 2. The molecule has 0 saturated carbocycles. The molecule has 1 N–H and O–H groups in total. The van der Waals surface area contributed by atoms with E-state index in [0.29, 0.717) is 0 Å². The summed E-state index contributed by atoms with van der Waals surface area (Å²) in [5.41, 5.74) is 6.15. The van der Waals surface area contributed by atoms with E-state index in [9.17, 15) is 9.90 Å². The van der Waals surface area contributed by atoms with Gasteiger partial charge in [0.05, 0.1) is 5.69 Å². The lowest BCUT2D eigenvalue weighted by Crippen LogP contribution is -2.11.